The number of nitrogens with one attached hydrogen (secondary N) is 1. The molecule has 0 bridgehead atoms. The smallest absolute Gasteiger partial charge is 0.248 e. The minimum atomic E-state index is -0.336. The fourth-order valence-electron chi connectivity index (χ4n) is 2.13. The number of carbonyl (C=O) groups excluding carboxylic acids is 1. The van der Waals surface area contributed by atoms with Crippen LogP contribution in [0.4, 0.5) is 0 Å². The lowest BCUT2D eigenvalue weighted by Gasteiger charge is -2.33. The molecule has 0 saturated heterocycles. The summed E-state index contributed by atoms with van der Waals surface area (Å²) in [5, 5.41) is 2.98. The average Bonchev–Trinajstić information content (AvgIpc) is 2.26. The Bertz CT molecular complexity index is 210. The largest absolute Gasteiger partial charge is 0.372 e. The summed E-state index contributed by atoms with van der Waals surface area (Å²) in [6, 6.07) is 0. The fraction of sp³-hybridized carbons (Fsp3) is 0.917. The highest BCUT2D eigenvalue weighted by atomic mass is 16.5. The van der Waals surface area contributed by atoms with Gasteiger partial charge < -0.3 is 10.1 Å². The number of ether oxygens (including phenoxy) is 1. The van der Waals surface area contributed by atoms with Crippen LogP contribution < -0.4 is 5.32 Å². The molecule has 1 saturated carbocycles. The molecule has 0 radical (unpaired) electrons. The molecule has 1 atom stereocenters. The first-order valence-electron chi connectivity index (χ1n) is 5.88. The maximum Gasteiger partial charge on any atom is 0.248 e. The third-order valence-corrected chi connectivity index (χ3v) is 3.47. The number of rotatable bonds is 4. The van der Waals surface area contributed by atoms with E-state index in [0.717, 1.165) is 6.54 Å². The van der Waals surface area contributed by atoms with E-state index in [4.69, 9.17) is 4.74 Å². The van der Waals surface area contributed by atoms with Gasteiger partial charge in [-0.3, -0.25) is 4.79 Å². The van der Waals surface area contributed by atoms with Gasteiger partial charge in [-0.2, -0.15) is 0 Å². The summed E-state index contributed by atoms with van der Waals surface area (Å²) >= 11 is 0. The second kappa shape index (κ2) is 5.50. The molecule has 3 nitrogen and oxygen atoms in total. The van der Waals surface area contributed by atoms with Crippen LogP contribution in [0.15, 0.2) is 0 Å². The van der Waals surface area contributed by atoms with Crippen LogP contribution in [0.3, 0.4) is 0 Å². The second-order valence-electron chi connectivity index (χ2n) is 4.97. The van der Waals surface area contributed by atoms with Crippen LogP contribution in [0.5, 0.6) is 0 Å². The van der Waals surface area contributed by atoms with Gasteiger partial charge in [-0.25, -0.2) is 0 Å². The molecule has 15 heavy (non-hydrogen) atoms. The van der Waals surface area contributed by atoms with Crippen molar-refractivity contribution in [1.82, 2.24) is 5.32 Å². The maximum atomic E-state index is 11.5. The van der Waals surface area contributed by atoms with Gasteiger partial charge in [0.05, 0.1) is 0 Å². The first-order valence-corrected chi connectivity index (χ1v) is 5.88. The normalized spacial score (nSPS) is 22.1. The molecule has 3 heteroatoms. The van der Waals surface area contributed by atoms with Crippen molar-refractivity contribution in [3.05, 3.63) is 0 Å². The van der Waals surface area contributed by atoms with Crippen LogP contribution >= 0.6 is 0 Å². The van der Waals surface area contributed by atoms with Gasteiger partial charge >= 0.3 is 0 Å². The Morgan fingerprint density at radius 2 is 2.00 bits per heavy atom. The van der Waals surface area contributed by atoms with Crippen LogP contribution in [-0.2, 0) is 9.53 Å². The summed E-state index contributed by atoms with van der Waals surface area (Å²) in [4.78, 5) is 11.5. The van der Waals surface area contributed by atoms with E-state index in [1.54, 1.807) is 14.0 Å². The SMILES string of the molecule is COC(C)C(=O)NCC1(C)CCCCC1. The Labute approximate surface area is 92.6 Å². The zero-order valence-electron chi connectivity index (χ0n) is 10.1. The predicted octanol–water partition coefficient (Wildman–Crippen LogP) is 2.11. The van der Waals surface area contributed by atoms with Gasteiger partial charge in [-0.15, -0.1) is 0 Å². The predicted molar refractivity (Wildman–Crippen MR) is 60.7 cm³/mol. The van der Waals surface area contributed by atoms with Gasteiger partial charge in [0, 0.05) is 13.7 Å². The third kappa shape index (κ3) is 3.82. The van der Waals surface area contributed by atoms with Gasteiger partial charge in [-0.1, -0.05) is 26.2 Å². The zero-order chi connectivity index (χ0) is 11.3. The molecule has 1 aliphatic rings. The molecule has 1 aliphatic carbocycles. The van der Waals surface area contributed by atoms with E-state index in [-0.39, 0.29) is 12.0 Å². The Morgan fingerprint density at radius 1 is 1.40 bits per heavy atom. The summed E-state index contributed by atoms with van der Waals surface area (Å²) in [5.74, 6) is 0.00398. The molecule has 88 valence electrons. The van der Waals surface area contributed by atoms with Gasteiger partial charge in [0.2, 0.25) is 5.91 Å². The van der Waals surface area contributed by atoms with Gasteiger partial charge in [0.25, 0.3) is 0 Å². The van der Waals surface area contributed by atoms with Crippen LogP contribution in [-0.4, -0.2) is 25.7 Å². The van der Waals surface area contributed by atoms with Crippen LogP contribution in [0.1, 0.15) is 46.0 Å². The summed E-state index contributed by atoms with van der Waals surface area (Å²) in [5.41, 5.74) is 0.307. The lowest BCUT2D eigenvalue weighted by atomic mass is 9.76. The Hall–Kier alpha value is -0.570. The van der Waals surface area contributed by atoms with E-state index in [1.807, 2.05) is 0 Å². The Balaban J connectivity index is 2.31. The number of carbonyl (C=O) groups is 1. The van der Waals surface area contributed by atoms with Crippen molar-refractivity contribution in [3.63, 3.8) is 0 Å². The van der Waals surface area contributed by atoms with Crippen molar-refractivity contribution in [1.29, 1.82) is 0 Å². The summed E-state index contributed by atoms with van der Waals surface area (Å²) < 4.78 is 4.97. The van der Waals surface area contributed by atoms with Crippen LogP contribution in [0.2, 0.25) is 0 Å². The van der Waals surface area contributed by atoms with E-state index >= 15 is 0 Å². The quantitative estimate of drug-likeness (QED) is 0.776. The lowest BCUT2D eigenvalue weighted by molar-refractivity contribution is -0.130. The van der Waals surface area contributed by atoms with Crippen molar-refractivity contribution in [2.75, 3.05) is 13.7 Å². The summed E-state index contributed by atoms with van der Waals surface area (Å²) in [6.07, 6.45) is 6.07. The standard InChI is InChI=1S/C12H23NO2/c1-10(15-3)11(14)13-9-12(2)7-5-4-6-8-12/h10H,4-9H2,1-3H3,(H,13,14). The van der Waals surface area contributed by atoms with Crippen LogP contribution in [0, 0.1) is 5.41 Å². The topological polar surface area (TPSA) is 38.3 Å². The fourth-order valence-corrected chi connectivity index (χ4v) is 2.13. The highest BCUT2D eigenvalue weighted by Gasteiger charge is 2.27. The van der Waals surface area contributed by atoms with E-state index < -0.39 is 0 Å². The van der Waals surface area contributed by atoms with Crippen LogP contribution in [0.25, 0.3) is 0 Å². The molecule has 0 heterocycles. The number of hydrogen-bond donors (Lipinski definition) is 1. The molecule has 1 unspecified atom stereocenters. The minimum absolute atomic E-state index is 0.00398. The molecular formula is C12H23NO2. The lowest BCUT2D eigenvalue weighted by Crippen LogP contribution is -2.41. The van der Waals surface area contributed by atoms with Gasteiger partial charge in [0.15, 0.2) is 0 Å². The molecule has 0 aliphatic heterocycles. The van der Waals surface area contributed by atoms with Crippen molar-refractivity contribution in [2.24, 2.45) is 5.41 Å². The Kier molecular flexibility index (Phi) is 4.58. The van der Waals surface area contributed by atoms with Crippen molar-refractivity contribution < 1.29 is 9.53 Å². The third-order valence-electron chi connectivity index (χ3n) is 3.47. The number of hydrogen-bond acceptors (Lipinski definition) is 2. The van der Waals surface area contributed by atoms with Crippen molar-refractivity contribution in [3.8, 4) is 0 Å². The molecular weight excluding hydrogens is 190 g/mol. The number of methoxy groups -OCH3 is 1. The maximum absolute atomic E-state index is 11.5. The van der Waals surface area contributed by atoms with Gasteiger partial charge in [0.1, 0.15) is 6.10 Å². The highest BCUT2D eigenvalue weighted by molar-refractivity contribution is 5.80. The monoisotopic (exact) mass is 213 g/mol. The Morgan fingerprint density at radius 3 is 2.53 bits per heavy atom. The molecule has 1 rings (SSSR count). The molecule has 0 aromatic carbocycles. The van der Waals surface area contributed by atoms with E-state index in [2.05, 4.69) is 12.2 Å². The minimum Gasteiger partial charge on any atom is -0.372 e. The summed E-state index contributed by atoms with van der Waals surface area (Å²) in [6.45, 7) is 4.84. The summed E-state index contributed by atoms with van der Waals surface area (Å²) in [7, 11) is 1.56. The molecule has 1 amide bonds. The van der Waals surface area contributed by atoms with E-state index in [0.29, 0.717) is 5.41 Å². The second-order valence-corrected chi connectivity index (χ2v) is 4.97. The van der Waals surface area contributed by atoms with Gasteiger partial charge in [-0.05, 0) is 25.2 Å². The molecule has 0 aromatic heterocycles. The molecule has 1 fully saturated rings. The molecule has 1 N–H and O–H groups in total. The zero-order valence-corrected chi connectivity index (χ0v) is 10.1. The van der Waals surface area contributed by atoms with Crippen molar-refractivity contribution >= 4 is 5.91 Å². The van der Waals surface area contributed by atoms with Crippen molar-refractivity contribution in [2.45, 2.75) is 52.1 Å². The number of amides is 1. The first-order chi connectivity index (χ1) is 7.07. The van der Waals surface area contributed by atoms with E-state index in [1.165, 1.54) is 32.1 Å². The molecule has 0 aromatic rings. The van der Waals surface area contributed by atoms with E-state index in [9.17, 15) is 4.79 Å². The highest BCUT2D eigenvalue weighted by Crippen LogP contribution is 2.34. The average molecular weight is 213 g/mol. The first kappa shape index (κ1) is 12.5. The molecule has 0 spiro atoms.